The molecule has 0 radical (unpaired) electrons. The summed E-state index contributed by atoms with van der Waals surface area (Å²) >= 11 is 6.20. The first kappa shape index (κ1) is 22.6. The van der Waals surface area contributed by atoms with E-state index in [1.165, 1.54) is 13.2 Å². The minimum atomic E-state index is -2.13. The van der Waals surface area contributed by atoms with Gasteiger partial charge in [-0.1, -0.05) is 65.7 Å². The van der Waals surface area contributed by atoms with Crippen molar-refractivity contribution in [1.82, 2.24) is 0 Å². The zero-order chi connectivity index (χ0) is 25.4. The fourth-order valence-electron chi connectivity index (χ4n) is 5.65. The maximum atomic E-state index is 14.0. The third-order valence-electron chi connectivity index (χ3n) is 7.31. The molecule has 6 rings (SSSR count). The highest BCUT2D eigenvalue weighted by Crippen LogP contribution is 2.58. The van der Waals surface area contributed by atoms with Crippen LogP contribution in [0.5, 0.6) is 5.75 Å². The summed E-state index contributed by atoms with van der Waals surface area (Å²) in [5.74, 6) is -4.66. The molecule has 3 aliphatic rings. The number of hydrogen-bond acceptors (Lipinski definition) is 6. The molecule has 1 aliphatic carbocycles. The molecule has 2 aliphatic heterocycles. The van der Waals surface area contributed by atoms with Crippen LogP contribution >= 0.6 is 11.6 Å². The summed E-state index contributed by atoms with van der Waals surface area (Å²) in [5.41, 5.74) is -0.0121. The average molecular weight is 502 g/mol. The Balaban J connectivity index is 1.56. The number of rotatable bonds is 3. The highest BCUT2D eigenvalue weighted by atomic mass is 35.5. The van der Waals surface area contributed by atoms with Crippen LogP contribution in [0.25, 0.3) is 0 Å². The van der Waals surface area contributed by atoms with Crippen molar-refractivity contribution in [2.75, 3.05) is 12.0 Å². The monoisotopic (exact) mass is 501 g/mol. The molecule has 2 heterocycles. The molecule has 180 valence electrons. The molecule has 3 aromatic carbocycles. The molecule has 0 unspecified atom stereocenters. The van der Waals surface area contributed by atoms with Gasteiger partial charge < -0.3 is 9.47 Å². The number of halogens is 1. The van der Waals surface area contributed by atoms with E-state index in [1.807, 2.05) is 19.1 Å². The van der Waals surface area contributed by atoms with Gasteiger partial charge in [-0.25, -0.2) is 4.90 Å². The van der Waals surface area contributed by atoms with Crippen molar-refractivity contribution in [3.63, 3.8) is 0 Å². The van der Waals surface area contributed by atoms with Crippen molar-refractivity contribution in [1.29, 1.82) is 0 Å². The first-order valence-electron chi connectivity index (χ1n) is 11.4. The van der Waals surface area contributed by atoms with Gasteiger partial charge in [-0.3, -0.25) is 19.2 Å². The normalized spacial score (nSPS) is 24.0. The van der Waals surface area contributed by atoms with Gasteiger partial charge in [0.05, 0.1) is 30.7 Å². The highest BCUT2D eigenvalue weighted by Gasteiger charge is 2.74. The molecular formula is C28H20ClNO6. The second-order valence-corrected chi connectivity index (χ2v) is 9.66. The van der Waals surface area contributed by atoms with Gasteiger partial charge in [0, 0.05) is 16.1 Å². The van der Waals surface area contributed by atoms with Gasteiger partial charge in [-0.15, -0.1) is 0 Å². The maximum Gasteiger partial charge on any atom is 0.241 e. The summed E-state index contributed by atoms with van der Waals surface area (Å²) in [5, 5.41) is 0.296. The van der Waals surface area contributed by atoms with E-state index >= 15 is 0 Å². The van der Waals surface area contributed by atoms with Gasteiger partial charge in [0.25, 0.3) is 0 Å². The van der Waals surface area contributed by atoms with Crippen molar-refractivity contribution >= 4 is 40.7 Å². The number of anilines is 1. The van der Waals surface area contributed by atoms with Crippen molar-refractivity contribution in [3.05, 3.63) is 94.0 Å². The summed E-state index contributed by atoms with van der Waals surface area (Å²) < 4.78 is 11.7. The van der Waals surface area contributed by atoms with Gasteiger partial charge in [0.2, 0.25) is 29.0 Å². The summed E-state index contributed by atoms with van der Waals surface area (Å²) in [6.45, 7) is 1.92. The minimum Gasteiger partial charge on any atom is -0.495 e. The number of benzene rings is 3. The number of carbonyl (C=O) groups is 4. The quantitative estimate of drug-likeness (QED) is 0.391. The lowest BCUT2D eigenvalue weighted by atomic mass is 9.77. The van der Waals surface area contributed by atoms with Crippen LogP contribution in [0.15, 0.2) is 66.7 Å². The van der Waals surface area contributed by atoms with Crippen LogP contribution in [0.4, 0.5) is 5.69 Å². The van der Waals surface area contributed by atoms with E-state index in [2.05, 4.69) is 0 Å². The number of hydrogen-bond donors (Lipinski definition) is 0. The molecule has 1 spiro atoms. The van der Waals surface area contributed by atoms with Gasteiger partial charge in [-0.2, -0.15) is 0 Å². The third-order valence-corrected chi connectivity index (χ3v) is 7.54. The molecule has 3 atom stereocenters. The number of carbonyl (C=O) groups excluding carboxylic acids is 4. The molecule has 0 N–H and O–H groups in total. The predicted molar refractivity (Wildman–Crippen MR) is 130 cm³/mol. The Kier molecular flexibility index (Phi) is 4.94. The molecule has 7 nitrogen and oxygen atoms in total. The Morgan fingerprint density at radius 3 is 2.14 bits per heavy atom. The van der Waals surface area contributed by atoms with Crippen molar-refractivity contribution in [3.8, 4) is 5.75 Å². The Hall–Kier alpha value is -3.81. The number of methoxy groups -OCH3 is 1. The van der Waals surface area contributed by atoms with Crippen LogP contribution in [0.2, 0.25) is 5.02 Å². The van der Waals surface area contributed by atoms with Crippen LogP contribution in [0.3, 0.4) is 0 Å². The van der Waals surface area contributed by atoms with Gasteiger partial charge in [0.15, 0.2) is 0 Å². The summed E-state index contributed by atoms with van der Waals surface area (Å²) in [6, 6.07) is 18.3. The number of fused-ring (bicyclic) bond motifs is 3. The van der Waals surface area contributed by atoms with E-state index in [-0.39, 0.29) is 22.6 Å². The Morgan fingerprint density at radius 2 is 1.53 bits per heavy atom. The lowest BCUT2D eigenvalue weighted by Crippen LogP contribution is -2.51. The summed E-state index contributed by atoms with van der Waals surface area (Å²) in [7, 11) is 1.42. The molecule has 2 saturated heterocycles. The lowest BCUT2D eigenvalue weighted by molar-refractivity contribution is -0.127. The smallest absolute Gasteiger partial charge is 0.241 e. The van der Waals surface area contributed by atoms with E-state index in [9.17, 15) is 19.2 Å². The third kappa shape index (κ3) is 2.84. The van der Waals surface area contributed by atoms with Gasteiger partial charge in [-0.05, 0) is 30.7 Å². The predicted octanol–water partition coefficient (Wildman–Crippen LogP) is 4.35. The minimum absolute atomic E-state index is 0.155. The number of imide groups is 1. The Bertz CT molecular complexity index is 1440. The fourth-order valence-corrected chi connectivity index (χ4v) is 5.82. The Morgan fingerprint density at radius 1 is 0.889 bits per heavy atom. The van der Waals surface area contributed by atoms with Crippen LogP contribution in [0.1, 0.15) is 37.9 Å². The first-order chi connectivity index (χ1) is 17.3. The molecule has 2 fully saturated rings. The van der Waals surface area contributed by atoms with Crippen LogP contribution in [-0.4, -0.2) is 36.1 Å². The van der Waals surface area contributed by atoms with Crippen LogP contribution < -0.4 is 9.64 Å². The van der Waals surface area contributed by atoms with Gasteiger partial charge >= 0.3 is 0 Å². The highest BCUT2D eigenvalue weighted by molar-refractivity contribution is 6.37. The largest absolute Gasteiger partial charge is 0.495 e. The molecule has 0 aromatic heterocycles. The summed E-state index contributed by atoms with van der Waals surface area (Å²) in [4.78, 5) is 56.6. The molecule has 2 amide bonds. The van der Waals surface area contributed by atoms with E-state index in [0.29, 0.717) is 10.6 Å². The first-order valence-corrected chi connectivity index (χ1v) is 11.8. The molecule has 36 heavy (non-hydrogen) atoms. The van der Waals surface area contributed by atoms with Crippen LogP contribution in [-0.2, 0) is 14.3 Å². The number of amides is 2. The SMILES string of the molecule is COc1ccc(Cl)cc1N1C(=O)[C@H]2[C@@H](C1=O)C1(O[C@H]2c2ccc(C)cc2)C(=O)c2ccccc2C1=O. The zero-order valence-electron chi connectivity index (χ0n) is 19.4. The van der Waals surface area contributed by atoms with E-state index in [1.54, 1.807) is 48.5 Å². The van der Waals surface area contributed by atoms with E-state index in [4.69, 9.17) is 21.1 Å². The Labute approximate surface area is 211 Å². The second-order valence-electron chi connectivity index (χ2n) is 9.22. The zero-order valence-corrected chi connectivity index (χ0v) is 20.1. The van der Waals surface area contributed by atoms with Crippen molar-refractivity contribution in [2.45, 2.75) is 18.6 Å². The molecular weight excluding hydrogens is 482 g/mol. The standard InChI is InChI=1S/C28H20ClNO6/c1-14-7-9-15(10-8-14)23-21-22(28(36-23)24(31)17-5-3-4-6-18(17)25(28)32)27(34)30(26(21)33)19-13-16(29)11-12-20(19)35-2/h3-13,21-23H,1-2H3/t21-,22-,23-/m0/s1. The number of nitrogens with zero attached hydrogens (tertiary/aromatic N) is 1. The van der Waals surface area contributed by atoms with Gasteiger partial charge in [0.1, 0.15) is 5.75 Å². The van der Waals surface area contributed by atoms with E-state index < -0.39 is 46.9 Å². The average Bonchev–Trinajstić information content (AvgIpc) is 3.44. The van der Waals surface area contributed by atoms with E-state index in [0.717, 1.165) is 10.5 Å². The van der Waals surface area contributed by atoms with Crippen molar-refractivity contribution < 1.29 is 28.7 Å². The molecule has 0 saturated carbocycles. The lowest BCUT2D eigenvalue weighted by Gasteiger charge is -2.27. The molecule has 3 aromatic rings. The maximum absolute atomic E-state index is 14.0. The number of ketones is 2. The molecule has 0 bridgehead atoms. The number of ether oxygens (including phenoxy) is 2. The second kappa shape index (κ2) is 7.85. The van der Waals surface area contributed by atoms with Crippen molar-refractivity contribution in [2.24, 2.45) is 11.8 Å². The van der Waals surface area contributed by atoms with Crippen LogP contribution in [0, 0.1) is 18.8 Å². The number of Topliss-reactive ketones (excluding diaryl/α,β-unsaturated/α-hetero) is 2. The topological polar surface area (TPSA) is 90.0 Å². The fraction of sp³-hybridized carbons (Fsp3) is 0.214. The number of aryl methyl sites for hydroxylation is 1. The summed E-state index contributed by atoms with van der Waals surface area (Å²) in [6.07, 6.45) is -0.982. The molecule has 8 heteroatoms.